The summed E-state index contributed by atoms with van der Waals surface area (Å²) in [5, 5.41) is 8.69. The van der Waals surface area contributed by atoms with Gasteiger partial charge in [-0.3, -0.25) is 0 Å². The van der Waals surface area contributed by atoms with Crippen molar-refractivity contribution < 1.29 is 13.5 Å². The van der Waals surface area contributed by atoms with Gasteiger partial charge < -0.3 is 10.8 Å². The van der Waals surface area contributed by atoms with Gasteiger partial charge in [-0.05, 0) is 18.2 Å². The summed E-state index contributed by atoms with van der Waals surface area (Å²) in [5.41, 5.74) is 5.76. The number of aliphatic hydroxyl groups excluding tert-OH is 1. The molecule has 0 saturated carbocycles. The second kappa shape index (κ2) is 4.16. The summed E-state index contributed by atoms with van der Waals surface area (Å²) in [4.78, 5) is -0.0341. The van der Waals surface area contributed by atoms with Gasteiger partial charge in [0.15, 0.2) is 9.84 Å². The molecule has 14 heavy (non-hydrogen) atoms. The largest absolute Gasteiger partial charge is 0.399 e. The van der Waals surface area contributed by atoms with Crippen LogP contribution in [0.5, 0.6) is 0 Å². The van der Waals surface area contributed by atoms with Crippen LogP contribution in [0.15, 0.2) is 23.1 Å². The van der Waals surface area contributed by atoms with E-state index in [1.165, 1.54) is 18.2 Å². The fraction of sp³-hybridized carbons (Fsp3) is 0.250. The Labute approximate surface area is 87.2 Å². The highest BCUT2D eigenvalue weighted by atomic mass is 35.5. The molecule has 0 radical (unpaired) electrons. The standard InChI is InChI=1S/C8H10ClNO3S/c9-7-2-1-6(10)5-8(7)14(12,13)4-3-11/h1-2,5,11H,3-4,10H2. The first-order chi connectivity index (χ1) is 6.47. The van der Waals surface area contributed by atoms with Crippen molar-refractivity contribution in [3.8, 4) is 0 Å². The number of rotatable bonds is 3. The Morgan fingerprint density at radius 1 is 1.43 bits per heavy atom. The van der Waals surface area contributed by atoms with E-state index in [1.54, 1.807) is 0 Å². The Kier molecular flexibility index (Phi) is 3.36. The monoisotopic (exact) mass is 235 g/mol. The minimum absolute atomic E-state index is 0.0341. The minimum Gasteiger partial charge on any atom is -0.399 e. The summed E-state index contributed by atoms with van der Waals surface area (Å²) in [6.07, 6.45) is 0. The van der Waals surface area contributed by atoms with Gasteiger partial charge in [-0.25, -0.2) is 8.42 Å². The molecule has 0 aromatic heterocycles. The van der Waals surface area contributed by atoms with Gasteiger partial charge in [0, 0.05) is 5.69 Å². The van der Waals surface area contributed by atoms with Crippen molar-refractivity contribution in [2.45, 2.75) is 4.90 Å². The number of aliphatic hydroxyl groups is 1. The summed E-state index contributed by atoms with van der Waals surface area (Å²) >= 11 is 5.70. The molecule has 0 spiro atoms. The molecule has 3 N–H and O–H groups in total. The van der Waals surface area contributed by atoms with E-state index in [4.69, 9.17) is 22.4 Å². The number of nitrogen functional groups attached to an aromatic ring is 1. The van der Waals surface area contributed by atoms with E-state index in [0.29, 0.717) is 5.69 Å². The second-order valence-electron chi connectivity index (χ2n) is 2.73. The van der Waals surface area contributed by atoms with Crippen LogP contribution in [0.3, 0.4) is 0 Å². The molecule has 6 heteroatoms. The van der Waals surface area contributed by atoms with Gasteiger partial charge in [0.2, 0.25) is 0 Å². The highest BCUT2D eigenvalue weighted by molar-refractivity contribution is 7.91. The van der Waals surface area contributed by atoms with Crippen LogP contribution in [0.4, 0.5) is 5.69 Å². The van der Waals surface area contributed by atoms with Crippen LogP contribution in [0.2, 0.25) is 5.02 Å². The van der Waals surface area contributed by atoms with Crippen LogP contribution in [-0.2, 0) is 9.84 Å². The normalized spacial score (nSPS) is 11.6. The maximum atomic E-state index is 11.5. The van der Waals surface area contributed by atoms with Crippen LogP contribution in [0, 0.1) is 0 Å². The topological polar surface area (TPSA) is 80.4 Å². The third-order valence-electron chi connectivity index (χ3n) is 1.65. The third kappa shape index (κ3) is 2.37. The Balaban J connectivity index is 3.25. The zero-order valence-corrected chi connectivity index (χ0v) is 8.85. The molecule has 0 unspecified atom stereocenters. The SMILES string of the molecule is Nc1ccc(Cl)c(S(=O)(=O)CCO)c1. The Morgan fingerprint density at radius 3 is 2.64 bits per heavy atom. The van der Waals surface area contributed by atoms with Crippen molar-refractivity contribution in [3.05, 3.63) is 23.2 Å². The van der Waals surface area contributed by atoms with Gasteiger partial charge in [-0.15, -0.1) is 0 Å². The molecule has 0 atom stereocenters. The average Bonchev–Trinajstić information content (AvgIpc) is 2.09. The smallest absolute Gasteiger partial charge is 0.182 e. The summed E-state index contributed by atoms with van der Waals surface area (Å²) in [7, 11) is -3.53. The number of nitrogens with two attached hydrogens (primary N) is 1. The van der Waals surface area contributed by atoms with E-state index in [0.717, 1.165) is 0 Å². The quantitative estimate of drug-likeness (QED) is 0.756. The molecule has 0 fully saturated rings. The molecule has 0 bridgehead atoms. The van der Waals surface area contributed by atoms with Crippen molar-refractivity contribution in [1.29, 1.82) is 0 Å². The van der Waals surface area contributed by atoms with Gasteiger partial charge in [0.1, 0.15) is 0 Å². The molecule has 1 aromatic carbocycles. The first kappa shape index (κ1) is 11.3. The fourth-order valence-corrected chi connectivity index (χ4v) is 2.60. The zero-order chi connectivity index (χ0) is 10.8. The van der Waals surface area contributed by atoms with Crippen molar-refractivity contribution in [3.63, 3.8) is 0 Å². The van der Waals surface area contributed by atoms with Gasteiger partial charge in [-0.1, -0.05) is 11.6 Å². The van der Waals surface area contributed by atoms with Crippen LogP contribution < -0.4 is 5.73 Å². The van der Waals surface area contributed by atoms with Crippen molar-refractivity contribution >= 4 is 27.1 Å². The average molecular weight is 236 g/mol. The number of hydrogen-bond acceptors (Lipinski definition) is 4. The van der Waals surface area contributed by atoms with Crippen molar-refractivity contribution in [2.24, 2.45) is 0 Å². The minimum atomic E-state index is -3.53. The third-order valence-corrected chi connectivity index (χ3v) is 3.82. The molecule has 0 aliphatic heterocycles. The lowest BCUT2D eigenvalue weighted by atomic mass is 10.3. The van der Waals surface area contributed by atoms with E-state index in [-0.39, 0.29) is 15.7 Å². The highest BCUT2D eigenvalue weighted by Gasteiger charge is 2.17. The molecule has 1 aromatic rings. The Bertz CT molecular complexity index is 430. The van der Waals surface area contributed by atoms with Crippen molar-refractivity contribution in [2.75, 3.05) is 18.1 Å². The Hall–Kier alpha value is -0.780. The molecular weight excluding hydrogens is 226 g/mol. The summed E-state index contributed by atoms with van der Waals surface area (Å²) < 4.78 is 23.0. The molecule has 0 amide bonds. The number of benzene rings is 1. The summed E-state index contributed by atoms with van der Waals surface area (Å²) in [6.45, 7) is -0.437. The lowest BCUT2D eigenvalue weighted by Gasteiger charge is -2.05. The van der Waals surface area contributed by atoms with E-state index < -0.39 is 16.4 Å². The molecular formula is C8H10ClNO3S. The second-order valence-corrected chi connectivity index (χ2v) is 5.22. The molecule has 0 heterocycles. The van der Waals surface area contributed by atoms with E-state index in [9.17, 15) is 8.42 Å². The van der Waals surface area contributed by atoms with Gasteiger partial charge >= 0.3 is 0 Å². The molecule has 4 nitrogen and oxygen atoms in total. The first-order valence-corrected chi connectivity index (χ1v) is 5.89. The van der Waals surface area contributed by atoms with Gasteiger partial charge in [0.05, 0.1) is 22.3 Å². The molecule has 0 aliphatic rings. The number of sulfone groups is 1. The zero-order valence-electron chi connectivity index (χ0n) is 7.27. The molecule has 0 aliphatic carbocycles. The summed E-state index contributed by atoms with van der Waals surface area (Å²) in [6, 6.07) is 4.22. The van der Waals surface area contributed by atoms with E-state index in [1.807, 2.05) is 0 Å². The predicted molar refractivity (Wildman–Crippen MR) is 55.0 cm³/mol. The van der Waals surface area contributed by atoms with Crippen molar-refractivity contribution in [1.82, 2.24) is 0 Å². The maximum absolute atomic E-state index is 11.5. The lowest BCUT2D eigenvalue weighted by Crippen LogP contribution is -2.10. The lowest BCUT2D eigenvalue weighted by molar-refractivity contribution is 0.319. The highest BCUT2D eigenvalue weighted by Crippen LogP contribution is 2.24. The van der Waals surface area contributed by atoms with E-state index in [2.05, 4.69) is 0 Å². The predicted octanol–water partition coefficient (Wildman–Crippen LogP) is 0.688. The van der Waals surface area contributed by atoms with Crippen LogP contribution >= 0.6 is 11.6 Å². The number of anilines is 1. The summed E-state index contributed by atoms with van der Waals surface area (Å²) in [5.74, 6) is -0.351. The number of hydrogen-bond donors (Lipinski definition) is 2. The maximum Gasteiger partial charge on any atom is 0.182 e. The molecule has 1 rings (SSSR count). The fourth-order valence-electron chi connectivity index (χ4n) is 0.988. The number of halogens is 1. The molecule has 78 valence electrons. The van der Waals surface area contributed by atoms with Gasteiger partial charge in [-0.2, -0.15) is 0 Å². The van der Waals surface area contributed by atoms with E-state index >= 15 is 0 Å². The molecule has 0 saturated heterocycles. The van der Waals surface area contributed by atoms with Gasteiger partial charge in [0.25, 0.3) is 0 Å². The Morgan fingerprint density at radius 2 is 2.07 bits per heavy atom. The van der Waals surface area contributed by atoms with Crippen LogP contribution in [0.25, 0.3) is 0 Å². The van der Waals surface area contributed by atoms with Crippen LogP contribution in [-0.4, -0.2) is 25.9 Å². The first-order valence-electron chi connectivity index (χ1n) is 3.86. The van der Waals surface area contributed by atoms with Crippen LogP contribution in [0.1, 0.15) is 0 Å².